The normalized spacial score (nSPS) is 10.7. The highest BCUT2D eigenvalue weighted by Gasteiger charge is 2.18. The van der Waals surface area contributed by atoms with Gasteiger partial charge in [-0.3, -0.25) is 4.79 Å². The lowest BCUT2D eigenvalue weighted by molar-refractivity contribution is 0.0696. The fourth-order valence-corrected chi connectivity index (χ4v) is 3.81. The standard InChI is InChI=1S/C21H15N3O3S/c22-17-15-10-11-16(12-4-2-1-3-5-12)24-20(15)28-18(17)19(25)23-14-8-6-13(7-9-14)21(26)27/h1-11H,22H2,(H,23,25)(H,26,27). The number of nitrogens with two attached hydrogens (primary N) is 1. The first-order chi connectivity index (χ1) is 13.5. The molecular formula is C21H15N3O3S. The van der Waals surface area contributed by atoms with Crippen molar-refractivity contribution in [1.82, 2.24) is 4.98 Å². The predicted molar refractivity (Wildman–Crippen MR) is 111 cm³/mol. The second-order valence-corrected chi connectivity index (χ2v) is 7.10. The molecule has 0 aliphatic rings. The van der Waals surface area contributed by atoms with Crippen LogP contribution in [0, 0.1) is 0 Å². The summed E-state index contributed by atoms with van der Waals surface area (Å²) in [6.45, 7) is 0. The molecule has 0 saturated carbocycles. The molecule has 4 aromatic rings. The van der Waals surface area contributed by atoms with Crippen molar-refractivity contribution in [3.8, 4) is 11.3 Å². The minimum absolute atomic E-state index is 0.150. The molecule has 0 fully saturated rings. The fraction of sp³-hybridized carbons (Fsp3) is 0. The zero-order chi connectivity index (χ0) is 19.7. The van der Waals surface area contributed by atoms with Gasteiger partial charge < -0.3 is 16.2 Å². The van der Waals surface area contributed by atoms with E-state index in [1.54, 1.807) is 0 Å². The van der Waals surface area contributed by atoms with Crippen molar-refractivity contribution in [3.63, 3.8) is 0 Å². The van der Waals surface area contributed by atoms with Crippen molar-refractivity contribution >= 4 is 44.8 Å². The van der Waals surface area contributed by atoms with Gasteiger partial charge in [-0.25, -0.2) is 9.78 Å². The number of aromatic carboxylic acids is 1. The number of nitrogen functional groups attached to an aromatic ring is 1. The topological polar surface area (TPSA) is 105 Å². The molecule has 0 spiro atoms. The van der Waals surface area contributed by atoms with E-state index < -0.39 is 5.97 Å². The van der Waals surface area contributed by atoms with Crippen molar-refractivity contribution in [1.29, 1.82) is 0 Å². The minimum Gasteiger partial charge on any atom is -0.478 e. The van der Waals surface area contributed by atoms with Crippen LogP contribution in [-0.4, -0.2) is 22.0 Å². The molecule has 2 aromatic carbocycles. The van der Waals surface area contributed by atoms with Gasteiger partial charge in [0, 0.05) is 16.6 Å². The zero-order valence-corrected chi connectivity index (χ0v) is 15.4. The van der Waals surface area contributed by atoms with Crippen LogP contribution >= 0.6 is 11.3 Å². The maximum Gasteiger partial charge on any atom is 0.335 e. The highest BCUT2D eigenvalue weighted by atomic mass is 32.1. The molecule has 4 N–H and O–H groups in total. The van der Waals surface area contributed by atoms with E-state index in [1.807, 2.05) is 42.5 Å². The number of pyridine rings is 1. The Morgan fingerprint density at radius 2 is 1.68 bits per heavy atom. The highest BCUT2D eigenvalue weighted by molar-refractivity contribution is 7.21. The number of carbonyl (C=O) groups is 2. The number of hydrogen-bond donors (Lipinski definition) is 3. The first kappa shape index (κ1) is 17.7. The quantitative estimate of drug-likeness (QED) is 0.477. The Morgan fingerprint density at radius 3 is 2.36 bits per heavy atom. The van der Waals surface area contributed by atoms with E-state index in [0.717, 1.165) is 16.6 Å². The maximum absolute atomic E-state index is 12.7. The van der Waals surface area contributed by atoms with Gasteiger partial charge >= 0.3 is 5.97 Å². The summed E-state index contributed by atoms with van der Waals surface area (Å²) in [6.07, 6.45) is 0. The molecule has 28 heavy (non-hydrogen) atoms. The molecule has 2 heterocycles. The first-order valence-electron chi connectivity index (χ1n) is 8.42. The third-order valence-electron chi connectivity index (χ3n) is 4.26. The van der Waals surface area contributed by atoms with Gasteiger partial charge in [0.1, 0.15) is 9.71 Å². The van der Waals surface area contributed by atoms with Crippen LogP contribution < -0.4 is 11.1 Å². The van der Waals surface area contributed by atoms with Gasteiger partial charge in [0.2, 0.25) is 0 Å². The van der Waals surface area contributed by atoms with E-state index in [0.29, 0.717) is 21.1 Å². The van der Waals surface area contributed by atoms with Gasteiger partial charge in [0.05, 0.1) is 16.9 Å². The van der Waals surface area contributed by atoms with Crippen molar-refractivity contribution in [2.45, 2.75) is 0 Å². The van der Waals surface area contributed by atoms with E-state index in [4.69, 9.17) is 10.8 Å². The molecule has 0 bridgehead atoms. The van der Waals surface area contributed by atoms with Crippen LogP contribution in [0.3, 0.4) is 0 Å². The Labute approximate surface area is 164 Å². The highest BCUT2D eigenvalue weighted by Crippen LogP contribution is 2.34. The minimum atomic E-state index is -1.02. The van der Waals surface area contributed by atoms with E-state index in [9.17, 15) is 9.59 Å². The molecule has 4 rings (SSSR count). The zero-order valence-electron chi connectivity index (χ0n) is 14.5. The Kier molecular flexibility index (Phi) is 4.50. The molecular weight excluding hydrogens is 374 g/mol. The van der Waals surface area contributed by atoms with Crippen LogP contribution in [0.25, 0.3) is 21.5 Å². The number of carboxylic acid groups (broad SMARTS) is 1. The molecule has 6 nitrogen and oxygen atoms in total. The number of amides is 1. The summed E-state index contributed by atoms with van der Waals surface area (Å²) in [7, 11) is 0. The Bertz CT molecular complexity index is 1180. The second kappa shape index (κ2) is 7.13. The van der Waals surface area contributed by atoms with Gasteiger partial charge in [-0.05, 0) is 36.4 Å². The monoisotopic (exact) mass is 389 g/mol. The van der Waals surface area contributed by atoms with Gasteiger partial charge in [-0.15, -0.1) is 11.3 Å². The number of fused-ring (bicyclic) bond motifs is 1. The summed E-state index contributed by atoms with van der Waals surface area (Å²) < 4.78 is 0. The lowest BCUT2D eigenvalue weighted by atomic mass is 10.1. The number of nitrogens with one attached hydrogen (secondary N) is 1. The molecule has 0 unspecified atom stereocenters. The average Bonchev–Trinajstić information content (AvgIpc) is 3.05. The molecule has 0 aliphatic carbocycles. The number of rotatable bonds is 4. The SMILES string of the molecule is Nc1c(C(=O)Nc2ccc(C(=O)O)cc2)sc2nc(-c3ccccc3)ccc12. The molecule has 2 aromatic heterocycles. The van der Waals surface area contributed by atoms with Gasteiger partial charge in [-0.2, -0.15) is 0 Å². The molecule has 1 amide bonds. The maximum atomic E-state index is 12.7. The number of aromatic nitrogens is 1. The van der Waals surface area contributed by atoms with Crippen LogP contribution in [0.4, 0.5) is 11.4 Å². The van der Waals surface area contributed by atoms with Gasteiger partial charge in [0.25, 0.3) is 5.91 Å². The van der Waals surface area contributed by atoms with E-state index >= 15 is 0 Å². The Balaban J connectivity index is 1.63. The largest absolute Gasteiger partial charge is 0.478 e. The van der Waals surface area contributed by atoms with Crippen LogP contribution in [-0.2, 0) is 0 Å². The number of anilines is 2. The molecule has 0 radical (unpaired) electrons. The molecule has 0 saturated heterocycles. The first-order valence-corrected chi connectivity index (χ1v) is 9.24. The lowest BCUT2D eigenvalue weighted by Gasteiger charge is -2.04. The fourth-order valence-electron chi connectivity index (χ4n) is 2.82. The average molecular weight is 389 g/mol. The summed E-state index contributed by atoms with van der Waals surface area (Å²) >= 11 is 1.23. The summed E-state index contributed by atoms with van der Waals surface area (Å²) in [6, 6.07) is 19.5. The van der Waals surface area contributed by atoms with Crippen LogP contribution in [0.5, 0.6) is 0 Å². The number of carboxylic acids is 1. The summed E-state index contributed by atoms with van der Waals surface area (Å²) in [5.41, 5.74) is 9.00. The van der Waals surface area contributed by atoms with Crippen LogP contribution in [0.2, 0.25) is 0 Å². The van der Waals surface area contributed by atoms with Gasteiger partial charge in [0.15, 0.2) is 0 Å². The van der Waals surface area contributed by atoms with Crippen LogP contribution in [0.15, 0.2) is 66.7 Å². The number of nitrogens with zero attached hydrogens (tertiary/aromatic N) is 1. The smallest absolute Gasteiger partial charge is 0.335 e. The van der Waals surface area contributed by atoms with Crippen molar-refractivity contribution < 1.29 is 14.7 Å². The van der Waals surface area contributed by atoms with Crippen molar-refractivity contribution in [3.05, 3.63) is 77.2 Å². The number of benzene rings is 2. The summed E-state index contributed by atoms with van der Waals surface area (Å²) in [4.78, 5) is 29.3. The molecule has 138 valence electrons. The van der Waals surface area contributed by atoms with Crippen LogP contribution in [0.1, 0.15) is 20.0 Å². The number of hydrogen-bond acceptors (Lipinski definition) is 5. The van der Waals surface area contributed by atoms with Crippen molar-refractivity contribution in [2.75, 3.05) is 11.1 Å². The van der Waals surface area contributed by atoms with E-state index in [2.05, 4.69) is 10.3 Å². The summed E-state index contributed by atoms with van der Waals surface area (Å²) in [5.74, 6) is -1.38. The summed E-state index contributed by atoms with van der Waals surface area (Å²) in [5, 5.41) is 12.4. The van der Waals surface area contributed by atoms with E-state index in [-0.39, 0.29) is 11.5 Å². The molecule has 0 aliphatic heterocycles. The molecule has 0 atom stereocenters. The number of carbonyl (C=O) groups excluding carboxylic acids is 1. The van der Waals surface area contributed by atoms with E-state index in [1.165, 1.54) is 35.6 Å². The second-order valence-electron chi connectivity index (χ2n) is 6.10. The van der Waals surface area contributed by atoms with Gasteiger partial charge in [-0.1, -0.05) is 30.3 Å². The Morgan fingerprint density at radius 1 is 0.964 bits per heavy atom. The number of thiophene rings is 1. The van der Waals surface area contributed by atoms with Crippen molar-refractivity contribution in [2.24, 2.45) is 0 Å². The third kappa shape index (κ3) is 3.30. The molecule has 7 heteroatoms. The lowest BCUT2D eigenvalue weighted by Crippen LogP contribution is -2.12. The third-order valence-corrected chi connectivity index (χ3v) is 5.37. The Hall–Kier alpha value is -3.71. The predicted octanol–water partition coefficient (Wildman–Crippen LogP) is 4.50.